The van der Waals surface area contributed by atoms with E-state index in [4.69, 9.17) is 0 Å². The zero-order valence-corrected chi connectivity index (χ0v) is 14.1. The van der Waals surface area contributed by atoms with Crippen LogP contribution in [0.15, 0.2) is 24.3 Å². The highest BCUT2D eigenvalue weighted by Crippen LogP contribution is 2.29. The van der Waals surface area contributed by atoms with Gasteiger partial charge in [0.1, 0.15) is 0 Å². The summed E-state index contributed by atoms with van der Waals surface area (Å²) in [4.78, 5) is 12.1. The van der Waals surface area contributed by atoms with Crippen LogP contribution in [0.1, 0.15) is 45.6 Å². The molecule has 1 unspecified atom stereocenters. The monoisotopic (exact) mass is 310 g/mol. The van der Waals surface area contributed by atoms with Gasteiger partial charge in [0.2, 0.25) is 5.91 Å². The normalized spacial score (nSPS) is 18.1. The van der Waals surface area contributed by atoms with Gasteiger partial charge in [0, 0.05) is 12.1 Å². The Morgan fingerprint density at radius 3 is 2.67 bits per heavy atom. The number of benzene rings is 1. The van der Waals surface area contributed by atoms with Gasteiger partial charge >= 0.3 is 0 Å². The lowest BCUT2D eigenvalue weighted by molar-refractivity contribution is -0.116. The molecule has 21 heavy (non-hydrogen) atoms. The summed E-state index contributed by atoms with van der Waals surface area (Å²) in [5.74, 6) is 0.798. The molecule has 4 heteroatoms. The molecule has 0 bridgehead atoms. The number of anilines is 1. The van der Waals surface area contributed by atoms with Crippen LogP contribution in [0.25, 0.3) is 0 Å². The number of hydrogen-bond donors (Lipinski definition) is 2. The number of rotatable bonds is 4. The summed E-state index contributed by atoms with van der Waals surface area (Å²) in [5.41, 5.74) is 2.18. The standard InChI is InChI=1S/C17H26N2O.ClH/c1-17(2,3)14-6-4-5-7-15(14)19-16(20)9-8-13-10-11-18-12-13;/h4-7,13,18H,8-12H2,1-3H3,(H,19,20);1H. The molecule has 1 heterocycles. The van der Waals surface area contributed by atoms with Crippen molar-refractivity contribution in [1.29, 1.82) is 0 Å². The summed E-state index contributed by atoms with van der Waals surface area (Å²) in [6, 6.07) is 8.10. The summed E-state index contributed by atoms with van der Waals surface area (Å²) in [7, 11) is 0. The van der Waals surface area contributed by atoms with Gasteiger partial charge in [-0.3, -0.25) is 4.79 Å². The van der Waals surface area contributed by atoms with E-state index >= 15 is 0 Å². The number of halogens is 1. The first-order valence-corrected chi connectivity index (χ1v) is 7.57. The zero-order chi connectivity index (χ0) is 14.6. The fourth-order valence-corrected chi connectivity index (χ4v) is 2.75. The molecule has 1 aliphatic heterocycles. The predicted octanol–water partition coefficient (Wildman–Crippen LogP) is 3.73. The minimum atomic E-state index is 0. The van der Waals surface area contributed by atoms with Gasteiger partial charge < -0.3 is 10.6 Å². The highest BCUT2D eigenvalue weighted by molar-refractivity contribution is 5.91. The van der Waals surface area contributed by atoms with Crippen LogP contribution in [-0.4, -0.2) is 19.0 Å². The van der Waals surface area contributed by atoms with Crippen LogP contribution in [-0.2, 0) is 10.2 Å². The topological polar surface area (TPSA) is 41.1 Å². The van der Waals surface area contributed by atoms with Gasteiger partial charge in [-0.2, -0.15) is 0 Å². The van der Waals surface area contributed by atoms with Crippen LogP contribution in [0, 0.1) is 5.92 Å². The molecule has 1 aromatic carbocycles. The van der Waals surface area contributed by atoms with Gasteiger partial charge in [-0.05, 0) is 48.9 Å². The van der Waals surface area contributed by atoms with Crippen molar-refractivity contribution in [3.05, 3.63) is 29.8 Å². The van der Waals surface area contributed by atoms with E-state index in [1.807, 2.05) is 18.2 Å². The van der Waals surface area contributed by atoms with Crippen molar-refractivity contribution < 1.29 is 4.79 Å². The largest absolute Gasteiger partial charge is 0.326 e. The van der Waals surface area contributed by atoms with Gasteiger partial charge in [0.15, 0.2) is 0 Å². The molecule has 0 radical (unpaired) electrons. The quantitative estimate of drug-likeness (QED) is 0.889. The third-order valence-electron chi connectivity index (χ3n) is 3.95. The fraction of sp³-hybridized carbons (Fsp3) is 0.588. The van der Waals surface area contributed by atoms with E-state index < -0.39 is 0 Å². The predicted molar refractivity (Wildman–Crippen MR) is 91.2 cm³/mol. The van der Waals surface area contributed by atoms with Crippen molar-refractivity contribution in [3.63, 3.8) is 0 Å². The Morgan fingerprint density at radius 2 is 2.05 bits per heavy atom. The maximum absolute atomic E-state index is 12.1. The van der Waals surface area contributed by atoms with Gasteiger partial charge in [-0.1, -0.05) is 39.0 Å². The van der Waals surface area contributed by atoms with Crippen LogP contribution in [0.3, 0.4) is 0 Å². The Morgan fingerprint density at radius 1 is 1.33 bits per heavy atom. The Bertz CT molecular complexity index is 462. The van der Waals surface area contributed by atoms with E-state index in [1.54, 1.807) is 0 Å². The summed E-state index contributed by atoms with van der Waals surface area (Å²) in [6.07, 6.45) is 2.80. The average molecular weight is 311 g/mol. The second-order valence-corrected chi connectivity index (χ2v) is 6.74. The van der Waals surface area contributed by atoms with E-state index in [0.717, 1.165) is 25.2 Å². The molecule has 0 saturated carbocycles. The maximum atomic E-state index is 12.1. The highest BCUT2D eigenvalue weighted by Gasteiger charge is 2.19. The zero-order valence-electron chi connectivity index (χ0n) is 13.2. The minimum absolute atomic E-state index is 0. The second-order valence-electron chi connectivity index (χ2n) is 6.74. The molecule has 0 spiro atoms. The lowest BCUT2D eigenvalue weighted by atomic mass is 9.86. The number of hydrogen-bond acceptors (Lipinski definition) is 2. The molecule has 1 aromatic rings. The molecule has 1 fully saturated rings. The van der Waals surface area contributed by atoms with Crippen LogP contribution < -0.4 is 10.6 Å². The first kappa shape index (κ1) is 18.0. The molecular weight excluding hydrogens is 284 g/mol. The molecule has 2 N–H and O–H groups in total. The van der Waals surface area contributed by atoms with Crippen molar-refractivity contribution in [2.24, 2.45) is 5.92 Å². The van der Waals surface area contributed by atoms with E-state index in [2.05, 4.69) is 37.5 Å². The maximum Gasteiger partial charge on any atom is 0.224 e. The molecule has 3 nitrogen and oxygen atoms in total. The Balaban J connectivity index is 0.00000220. The Hall–Kier alpha value is -1.06. The van der Waals surface area contributed by atoms with E-state index in [0.29, 0.717) is 12.3 Å². The van der Waals surface area contributed by atoms with Crippen LogP contribution in [0.5, 0.6) is 0 Å². The summed E-state index contributed by atoms with van der Waals surface area (Å²) in [6.45, 7) is 8.66. The van der Waals surface area contributed by atoms with Gasteiger partial charge in [0.25, 0.3) is 0 Å². The van der Waals surface area contributed by atoms with Crippen molar-refractivity contribution in [1.82, 2.24) is 5.32 Å². The molecule has 1 atom stereocenters. The van der Waals surface area contributed by atoms with Crippen molar-refractivity contribution in [2.75, 3.05) is 18.4 Å². The van der Waals surface area contributed by atoms with Crippen LogP contribution in [0.2, 0.25) is 0 Å². The SMILES string of the molecule is CC(C)(C)c1ccccc1NC(=O)CCC1CCNC1.Cl. The molecule has 0 aromatic heterocycles. The summed E-state index contributed by atoms with van der Waals surface area (Å²) >= 11 is 0. The second kappa shape index (κ2) is 7.81. The third-order valence-corrected chi connectivity index (χ3v) is 3.95. The molecule has 118 valence electrons. The number of amides is 1. The third kappa shape index (κ3) is 5.33. The van der Waals surface area contributed by atoms with Gasteiger partial charge in [0.05, 0.1) is 0 Å². The van der Waals surface area contributed by atoms with E-state index in [-0.39, 0.29) is 23.7 Å². The van der Waals surface area contributed by atoms with Crippen LogP contribution in [0.4, 0.5) is 5.69 Å². The number of carbonyl (C=O) groups is 1. The first-order chi connectivity index (χ1) is 9.47. The van der Waals surface area contributed by atoms with Gasteiger partial charge in [-0.15, -0.1) is 12.4 Å². The fourth-order valence-electron chi connectivity index (χ4n) is 2.75. The number of nitrogens with one attached hydrogen (secondary N) is 2. The van der Waals surface area contributed by atoms with Crippen LogP contribution >= 0.6 is 12.4 Å². The van der Waals surface area contributed by atoms with Gasteiger partial charge in [-0.25, -0.2) is 0 Å². The number of carbonyl (C=O) groups excluding carboxylic acids is 1. The van der Waals surface area contributed by atoms with Crippen molar-refractivity contribution in [3.8, 4) is 0 Å². The molecule has 0 aliphatic carbocycles. The molecular formula is C17H27ClN2O. The van der Waals surface area contributed by atoms with E-state index in [9.17, 15) is 4.79 Å². The summed E-state index contributed by atoms with van der Waals surface area (Å²) < 4.78 is 0. The molecule has 1 amide bonds. The van der Waals surface area contributed by atoms with Crippen molar-refractivity contribution >= 4 is 24.0 Å². The molecule has 1 aliphatic rings. The van der Waals surface area contributed by atoms with Crippen molar-refractivity contribution in [2.45, 2.75) is 45.4 Å². The minimum Gasteiger partial charge on any atom is -0.326 e. The average Bonchev–Trinajstić information content (AvgIpc) is 2.89. The lowest BCUT2D eigenvalue weighted by Gasteiger charge is -2.23. The molecule has 2 rings (SSSR count). The lowest BCUT2D eigenvalue weighted by Crippen LogP contribution is -2.19. The molecule has 1 saturated heterocycles. The summed E-state index contributed by atoms with van der Waals surface area (Å²) in [5, 5.41) is 6.42. The first-order valence-electron chi connectivity index (χ1n) is 7.57. The van der Waals surface area contributed by atoms with E-state index in [1.165, 1.54) is 12.0 Å². The Labute approximate surface area is 134 Å². The smallest absolute Gasteiger partial charge is 0.224 e. The Kier molecular flexibility index (Phi) is 6.69. The highest BCUT2D eigenvalue weighted by atomic mass is 35.5. The number of para-hydroxylation sites is 1.